The second-order valence-corrected chi connectivity index (χ2v) is 5.34. The van der Waals surface area contributed by atoms with Crippen molar-refractivity contribution in [1.29, 1.82) is 0 Å². The molecule has 106 valence electrons. The van der Waals surface area contributed by atoms with Crippen molar-refractivity contribution in [2.24, 2.45) is 0 Å². The fourth-order valence-electron chi connectivity index (χ4n) is 2.24. The van der Waals surface area contributed by atoms with E-state index in [-0.39, 0.29) is 19.0 Å². The first-order chi connectivity index (χ1) is 9.59. The summed E-state index contributed by atoms with van der Waals surface area (Å²) in [6.07, 6.45) is 0.419. The van der Waals surface area contributed by atoms with Gasteiger partial charge in [-0.15, -0.1) is 0 Å². The molecule has 0 saturated heterocycles. The molecule has 0 saturated carbocycles. The molecule has 2 aromatic carbocycles. The molecule has 0 atom stereocenters. The summed E-state index contributed by atoms with van der Waals surface area (Å²) in [7, 11) is 0. The molecule has 2 N–H and O–H groups in total. The first kappa shape index (κ1) is 15.0. The van der Waals surface area contributed by atoms with E-state index in [9.17, 15) is 14.6 Å². The van der Waals surface area contributed by atoms with Gasteiger partial charge in [-0.05, 0) is 41.8 Å². The third kappa shape index (κ3) is 3.18. The van der Waals surface area contributed by atoms with Gasteiger partial charge in [-0.3, -0.25) is 0 Å². The quantitative estimate of drug-likeness (QED) is 0.890. The first-order valence-electron chi connectivity index (χ1n) is 6.32. The maximum Gasteiger partial charge on any atom is 0.123 e. The first-order valence-corrected chi connectivity index (χ1v) is 6.70. The number of hydrogen-bond donors (Lipinski definition) is 2. The van der Waals surface area contributed by atoms with Gasteiger partial charge in [-0.1, -0.05) is 35.9 Å². The average molecular weight is 295 g/mol. The summed E-state index contributed by atoms with van der Waals surface area (Å²) in [5.74, 6) is -0.307. The molecule has 0 aliphatic carbocycles. The van der Waals surface area contributed by atoms with E-state index in [2.05, 4.69) is 0 Å². The van der Waals surface area contributed by atoms with Crippen molar-refractivity contribution < 1.29 is 14.6 Å². The van der Waals surface area contributed by atoms with E-state index in [1.807, 2.05) is 0 Å². The van der Waals surface area contributed by atoms with Crippen LogP contribution in [-0.2, 0) is 11.8 Å². The maximum absolute atomic E-state index is 12.9. The Balaban J connectivity index is 2.33. The van der Waals surface area contributed by atoms with Crippen LogP contribution in [0.1, 0.15) is 11.1 Å². The van der Waals surface area contributed by atoms with Gasteiger partial charge in [-0.2, -0.15) is 0 Å². The average Bonchev–Trinajstić information content (AvgIpc) is 2.48. The summed E-state index contributed by atoms with van der Waals surface area (Å²) in [5.41, 5.74) is 0.850. The fraction of sp³-hybridized carbons (Fsp3) is 0.250. The number of aliphatic hydroxyl groups excluding tert-OH is 2. The Hall–Kier alpha value is -1.42. The van der Waals surface area contributed by atoms with E-state index in [0.29, 0.717) is 11.4 Å². The molecule has 2 aromatic rings. The van der Waals surface area contributed by atoms with Crippen LogP contribution in [0.15, 0.2) is 48.5 Å². The van der Waals surface area contributed by atoms with Crippen LogP contribution in [0, 0.1) is 5.82 Å². The van der Waals surface area contributed by atoms with E-state index in [0.717, 1.165) is 11.1 Å². The van der Waals surface area contributed by atoms with Crippen molar-refractivity contribution >= 4 is 11.6 Å². The Kier molecular flexibility index (Phi) is 4.76. The smallest absolute Gasteiger partial charge is 0.123 e. The summed E-state index contributed by atoms with van der Waals surface area (Å²) in [4.78, 5) is 0. The molecule has 2 rings (SSSR count). The number of rotatable bonds is 5. The Morgan fingerprint density at radius 1 is 0.900 bits per heavy atom. The Labute approximate surface area is 122 Å². The molecule has 0 bridgehead atoms. The van der Waals surface area contributed by atoms with Crippen molar-refractivity contribution in [2.75, 3.05) is 13.2 Å². The summed E-state index contributed by atoms with van der Waals surface area (Å²) >= 11 is 5.86. The van der Waals surface area contributed by atoms with E-state index < -0.39 is 5.41 Å². The monoisotopic (exact) mass is 294 g/mol. The van der Waals surface area contributed by atoms with E-state index in [1.165, 1.54) is 12.1 Å². The lowest BCUT2D eigenvalue weighted by Gasteiger charge is -2.30. The van der Waals surface area contributed by atoms with Crippen LogP contribution in [0.4, 0.5) is 4.39 Å². The number of hydrogen-bond acceptors (Lipinski definition) is 2. The van der Waals surface area contributed by atoms with Gasteiger partial charge in [-0.25, -0.2) is 4.39 Å². The van der Waals surface area contributed by atoms with Crippen LogP contribution in [-0.4, -0.2) is 23.4 Å². The van der Waals surface area contributed by atoms with Gasteiger partial charge in [0.05, 0.1) is 13.2 Å². The molecule has 4 heteroatoms. The largest absolute Gasteiger partial charge is 0.395 e. The SMILES string of the molecule is OCC(CO)(Cc1ccc(F)cc1)c1ccc(Cl)cc1. The molecule has 2 nitrogen and oxygen atoms in total. The predicted molar refractivity (Wildman–Crippen MR) is 77.4 cm³/mol. The highest BCUT2D eigenvalue weighted by atomic mass is 35.5. The van der Waals surface area contributed by atoms with E-state index in [4.69, 9.17) is 11.6 Å². The highest BCUT2D eigenvalue weighted by molar-refractivity contribution is 6.30. The van der Waals surface area contributed by atoms with Gasteiger partial charge in [0.25, 0.3) is 0 Å². The third-order valence-corrected chi connectivity index (χ3v) is 3.77. The summed E-state index contributed by atoms with van der Waals surface area (Å²) < 4.78 is 12.9. The van der Waals surface area contributed by atoms with Crippen LogP contribution in [0.25, 0.3) is 0 Å². The number of aliphatic hydroxyl groups is 2. The zero-order valence-corrected chi connectivity index (χ0v) is 11.6. The molecule has 0 radical (unpaired) electrons. The molecule has 0 aliphatic rings. The molecule has 0 heterocycles. The minimum atomic E-state index is -0.803. The fourth-order valence-corrected chi connectivity index (χ4v) is 2.37. The molecular weight excluding hydrogens is 279 g/mol. The normalized spacial score (nSPS) is 11.6. The van der Waals surface area contributed by atoms with Crippen molar-refractivity contribution in [3.63, 3.8) is 0 Å². The van der Waals surface area contributed by atoms with E-state index >= 15 is 0 Å². The maximum atomic E-state index is 12.9. The lowest BCUT2D eigenvalue weighted by atomic mass is 9.77. The standard InChI is InChI=1S/C16H16ClFO2/c17-14-5-3-13(4-6-14)16(10-19,11-20)9-12-1-7-15(18)8-2-12/h1-8,19-20H,9-11H2. The summed E-state index contributed by atoms with van der Waals surface area (Å²) in [5, 5.41) is 20.1. The van der Waals surface area contributed by atoms with Crippen LogP contribution in [0.5, 0.6) is 0 Å². The topological polar surface area (TPSA) is 40.5 Å². The van der Waals surface area contributed by atoms with Crippen LogP contribution < -0.4 is 0 Å². The lowest BCUT2D eigenvalue weighted by Crippen LogP contribution is -2.37. The highest BCUT2D eigenvalue weighted by Gasteiger charge is 2.31. The molecule has 0 aliphatic heterocycles. The van der Waals surface area contributed by atoms with Gasteiger partial charge in [0.1, 0.15) is 5.82 Å². The lowest BCUT2D eigenvalue weighted by molar-refractivity contribution is 0.116. The Morgan fingerprint density at radius 2 is 1.45 bits per heavy atom. The molecule has 0 fully saturated rings. The molecule has 0 spiro atoms. The van der Waals surface area contributed by atoms with Gasteiger partial charge in [0.15, 0.2) is 0 Å². The Morgan fingerprint density at radius 3 is 1.95 bits per heavy atom. The van der Waals surface area contributed by atoms with Crippen molar-refractivity contribution in [3.8, 4) is 0 Å². The van der Waals surface area contributed by atoms with Crippen molar-refractivity contribution in [2.45, 2.75) is 11.8 Å². The van der Waals surface area contributed by atoms with Crippen molar-refractivity contribution in [3.05, 3.63) is 70.5 Å². The Bertz CT molecular complexity index is 548. The molecule has 0 aromatic heterocycles. The summed E-state index contributed by atoms with van der Waals surface area (Å²) in [6, 6.07) is 13.1. The van der Waals surface area contributed by atoms with Crippen LogP contribution >= 0.6 is 11.6 Å². The second kappa shape index (κ2) is 6.35. The molecular formula is C16H16ClFO2. The van der Waals surface area contributed by atoms with Crippen molar-refractivity contribution in [1.82, 2.24) is 0 Å². The van der Waals surface area contributed by atoms with Gasteiger partial charge in [0, 0.05) is 10.4 Å². The number of benzene rings is 2. The predicted octanol–water partition coefficient (Wildman–Crippen LogP) is 2.94. The second-order valence-electron chi connectivity index (χ2n) is 4.91. The number of halogens is 2. The van der Waals surface area contributed by atoms with Gasteiger partial charge in [0.2, 0.25) is 0 Å². The zero-order chi connectivity index (χ0) is 14.6. The van der Waals surface area contributed by atoms with Gasteiger partial charge < -0.3 is 10.2 Å². The van der Waals surface area contributed by atoms with Crippen LogP contribution in [0.3, 0.4) is 0 Å². The molecule has 0 unspecified atom stereocenters. The van der Waals surface area contributed by atoms with E-state index in [1.54, 1.807) is 36.4 Å². The zero-order valence-electron chi connectivity index (χ0n) is 10.9. The highest BCUT2D eigenvalue weighted by Crippen LogP contribution is 2.29. The molecule has 20 heavy (non-hydrogen) atoms. The minimum Gasteiger partial charge on any atom is -0.395 e. The minimum absolute atomic E-state index is 0.206. The van der Waals surface area contributed by atoms with Gasteiger partial charge >= 0.3 is 0 Å². The third-order valence-electron chi connectivity index (χ3n) is 3.52. The summed E-state index contributed by atoms with van der Waals surface area (Å²) in [6.45, 7) is -0.412. The van der Waals surface area contributed by atoms with Crippen LogP contribution in [0.2, 0.25) is 5.02 Å². The molecule has 0 amide bonds.